The molecule has 0 saturated carbocycles. The summed E-state index contributed by atoms with van der Waals surface area (Å²) in [5.41, 5.74) is 1.44. The van der Waals surface area contributed by atoms with Crippen LogP contribution in [-0.2, 0) is 19.6 Å². The van der Waals surface area contributed by atoms with Crippen LogP contribution in [0.2, 0.25) is 0 Å². The summed E-state index contributed by atoms with van der Waals surface area (Å²) in [5.74, 6) is 0.146. The third-order valence-corrected chi connectivity index (χ3v) is 8.04. The number of amides is 1. The minimum absolute atomic E-state index is 0.0190. The minimum Gasteiger partial charge on any atom is -0.508 e. The van der Waals surface area contributed by atoms with Gasteiger partial charge in [0.15, 0.2) is 5.13 Å². The lowest BCUT2D eigenvalue weighted by Gasteiger charge is -2.20. The molecule has 0 aliphatic carbocycles. The molecule has 186 valence electrons. The second kappa shape index (κ2) is 10.6. The molecule has 2 aromatic heterocycles. The van der Waals surface area contributed by atoms with Crippen LogP contribution in [-0.4, -0.2) is 49.7 Å². The number of sulfonamides is 1. The van der Waals surface area contributed by atoms with E-state index >= 15 is 0 Å². The SMILES string of the molecule is COc1ncc(-c2sc(NC(=O)CC3CCOCC3)nc2C)cc1S(=O)(=O)Nc1ccc(O)cc1. The van der Waals surface area contributed by atoms with Gasteiger partial charge in [-0.15, -0.1) is 0 Å². The van der Waals surface area contributed by atoms with E-state index < -0.39 is 10.0 Å². The smallest absolute Gasteiger partial charge is 0.267 e. The maximum absolute atomic E-state index is 13.1. The van der Waals surface area contributed by atoms with Crippen LogP contribution in [0.25, 0.3) is 10.4 Å². The number of thiazole rings is 1. The van der Waals surface area contributed by atoms with Gasteiger partial charge in [0.25, 0.3) is 10.0 Å². The molecule has 1 fully saturated rings. The number of nitrogens with one attached hydrogen (secondary N) is 2. The van der Waals surface area contributed by atoms with Crippen molar-refractivity contribution in [2.75, 3.05) is 30.4 Å². The van der Waals surface area contributed by atoms with Gasteiger partial charge in [-0.2, -0.15) is 0 Å². The minimum atomic E-state index is -4.06. The number of rotatable bonds is 8. The summed E-state index contributed by atoms with van der Waals surface area (Å²) < 4.78 is 39.2. The van der Waals surface area contributed by atoms with E-state index in [4.69, 9.17) is 9.47 Å². The number of nitrogens with zero attached hydrogens (tertiary/aromatic N) is 2. The molecule has 35 heavy (non-hydrogen) atoms. The number of pyridine rings is 1. The molecule has 3 N–H and O–H groups in total. The Hall–Kier alpha value is -3.22. The Balaban J connectivity index is 1.56. The average Bonchev–Trinajstić information content (AvgIpc) is 3.20. The standard InChI is InChI=1S/C23H26N4O6S2/c1-14-21(34-23(25-14)26-20(29)11-15-7-9-33-10-8-15)16-12-19(22(32-2)24-13-16)35(30,31)27-17-3-5-18(28)6-4-17/h3-6,12-13,15,27-28H,7-11H2,1-2H3,(H,25,26,29). The molecule has 3 aromatic rings. The van der Waals surface area contributed by atoms with Crippen molar-refractivity contribution in [3.8, 4) is 22.1 Å². The summed E-state index contributed by atoms with van der Waals surface area (Å²) in [5, 5.41) is 12.7. The number of hydrogen-bond acceptors (Lipinski definition) is 9. The zero-order valence-corrected chi connectivity index (χ0v) is 20.9. The van der Waals surface area contributed by atoms with Gasteiger partial charge in [0, 0.05) is 37.1 Å². The van der Waals surface area contributed by atoms with Crippen LogP contribution >= 0.6 is 11.3 Å². The Kier molecular flexibility index (Phi) is 7.53. The van der Waals surface area contributed by atoms with Crippen LogP contribution in [0.3, 0.4) is 0 Å². The number of carbonyl (C=O) groups excluding carboxylic acids is 1. The third kappa shape index (κ3) is 6.08. The number of ether oxygens (including phenoxy) is 2. The number of carbonyl (C=O) groups is 1. The highest BCUT2D eigenvalue weighted by atomic mass is 32.2. The Morgan fingerprint density at radius 1 is 1.26 bits per heavy atom. The summed E-state index contributed by atoms with van der Waals surface area (Å²) in [6.07, 6.45) is 3.64. The largest absolute Gasteiger partial charge is 0.508 e. The number of hydrogen-bond donors (Lipinski definition) is 3. The second-order valence-corrected chi connectivity index (χ2v) is 10.8. The van der Waals surface area contributed by atoms with Gasteiger partial charge in [0.2, 0.25) is 11.8 Å². The Labute approximate surface area is 207 Å². The van der Waals surface area contributed by atoms with Gasteiger partial charge in [0.1, 0.15) is 10.6 Å². The van der Waals surface area contributed by atoms with Crippen LogP contribution < -0.4 is 14.8 Å². The predicted octanol–water partition coefficient (Wildman–Crippen LogP) is 3.78. The average molecular weight is 519 g/mol. The molecule has 1 saturated heterocycles. The first-order valence-corrected chi connectivity index (χ1v) is 13.3. The topological polar surface area (TPSA) is 140 Å². The first kappa shape index (κ1) is 24.9. The number of phenols is 1. The summed E-state index contributed by atoms with van der Waals surface area (Å²) in [6.45, 7) is 3.14. The fourth-order valence-electron chi connectivity index (χ4n) is 3.74. The van der Waals surface area contributed by atoms with Crippen LogP contribution in [0.1, 0.15) is 25.0 Å². The van der Waals surface area contributed by atoms with Crippen molar-refractivity contribution >= 4 is 38.1 Å². The predicted molar refractivity (Wildman–Crippen MR) is 132 cm³/mol. The molecule has 3 heterocycles. The normalized spacial score (nSPS) is 14.5. The van der Waals surface area contributed by atoms with Gasteiger partial charge < -0.3 is 19.9 Å². The first-order chi connectivity index (χ1) is 16.7. The van der Waals surface area contributed by atoms with E-state index in [1.54, 1.807) is 6.92 Å². The van der Waals surface area contributed by atoms with E-state index in [2.05, 4.69) is 20.0 Å². The lowest BCUT2D eigenvalue weighted by Crippen LogP contribution is -2.22. The Bertz CT molecular complexity index is 1300. The monoisotopic (exact) mass is 518 g/mol. The summed E-state index contributed by atoms with van der Waals surface area (Å²) in [4.78, 5) is 21.6. The summed E-state index contributed by atoms with van der Waals surface area (Å²) in [6, 6.07) is 7.10. The van der Waals surface area contributed by atoms with Crippen molar-refractivity contribution in [2.24, 2.45) is 5.92 Å². The summed E-state index contributed by atoms with van der Waals surface area (Å²) >= 11 is 1.25. The maximum atomic E-state index is 13.1. The number of phenolic OH excluding ortho intramolecular Hbond substituents is 1. The number of aromatic hydroxyl groups is 1. The van der Waals surface area contributed by atoms with Crippen LogP contribution in [0, 0.1) is 12.8 Å². The van der Waals surface area contributed by atoms with Crippen molar-refractivity contribution in [1.82, 2.24) is 9.97 Å². The highest BCUT2D eigenvalue weighted by Crippen LogP contribution is 2.36. The van der Waals surface area contributed by atoms with E-state index in [-0.39, 0.29) is 28.1 Å². The van der Waals surface area contributed by atoms with Crippen LogP contribution in [0.5, 0.6) is 11.6 Å². The zero-order chi connectivity index (χ0) is 25.0. The molecule has 0 atom stereocenters. The molecule has 1 aliphatic heterocycles. The van der Waals surface area contributed by atoms with E-state index in [0.717, 1.165) is 12.8 Å². The highest BCUT2D eigenvalue weighted by molar-refractivity contribution is 7.92. The second-order valence-electron chi connectivity index (χ2n) is 8.13. The van der Waals surface area contributed by atoms with Crippen molar-refractivity contribution in [1.29, 1.82) is 0 Å². The third-order valence-electron chi connectivity index (χ3n) is 5.54. The van der Waals surface area contributed by atoms with Crippen molar-refractivity contribution in [3.05, 3.63) is 42.2 Å². The lowest BCUT2D eigenvalue weighted by atomic mass is 9.96. The van der Waals surface area contributed by atoms with E-state index in [0.29, 0.717) is 46.8 Å². The number of benzene rings is 1. The van der Waals surface area contributed by atoms with Gasteiger partial charge in [0.05, 0.1) is 17.7 Å². The van der Waals surface area contributed by atoms with E-state index in [1.165, 1.54) is 55.0 Å². The molecule has 0 bridgehead atoms. The lowest BCUT2D eigenvalue weighted by molar-refractivity contribution is -0.117. The maximum Gasteiger partial charge on any atom is 0.267 e. The molecule has 0 spiro atoms. The van der Waals surface area contributed by atoms with Crippen LogP contribution in [0.4, 0.5) is 10.8 Å². The summed E-state index contributed by atoms with van der Waals surface area (Å²) in [7, 11) is -2.72. The number of aromatic nitrogens is 2. The Morgan fingerprint density at radius 3 is 2.66 bits per heavy atom. The first-order valence-electron chi connectivity index (χ1n) is 11.0. The van der Waals surface area contributed by atoms with E-state index in [9.17, 15) is 18.3 Å². The molecule has 1 aromatic carbocycles. The zero-order valence-electron chi connectivity index (χ0n) is 19.3. The molecule has 1 amide bonds. The molecule has 0 unspecified atom stereocenters. The van der Waals surface area contributed by atoms with Gasteiger partial charge in [-0.05, 0) is 56.0 Å². The molecule has 0 radical (unpaired) electrons. The van der Waals surface area contributed by atoms with Gasteiger partial charge in [-0.3, -0.25) is 9.52 Å². The molecular formula is C23H26N4O6S2. The molecular weight excluding hydrogens is 492 g/mol. The highest BCUT2D eigenvalue weighted by Gasteiger charge is 2.24. The molecule has 4 rings (SSSR count). The molecule has 10 nitrogen and oxygen atoms in total. The fraction of sp³-hybridized carbons (Fsp3) is 0.348. The number of methoxy groups -OCH3 is 1. The number of aryl methyl sites for hydroxylation is 1. The van der Waals surface area contributed by atoms with Gasteiger partial charge in [-0.25, -0.2) is 18.4 Å². The quantitative estimate of drug-likeness (QED) is 0.383. The van der Waals surface area contributed by atoms with Crippen molar-refractivity contribution in [2.45, 2.75) is 31.1 Å². The molecule has 1 aliphatic rings. The van der Waals surface area contributed by atoms with Crippen molar-refractivity contribution in [3.63, 3.8) is 0 Å². The molecule has 12 heteroatoms. The van der Waals surface area contributed by atoms with E-state index in [1.807, 2.05) is 0 Å². The number of anilines is 2. The van der Waals surface area contributed by atoms with Gasteiger partial charge >= 0.3 is 0 Å². The fourth-order valence-corrected chi connectivity index (χ4v) is 5.91. The Morgan fingerprint density at radius 2 is 1.97 bits per heavy atom. The van der Waals surface area contributed by atoms with Crippen LogP contribution in [0.15, 0.2) is 41.4 Å². The van der Waals surface area contributed by atoms with Crippen molar-refractivity contribution < 1.29 is 27.8 Å². The van der Waals surface area contributed by atoms with Gasteiger partial charge in [-0.1, -0.05) is 11.3 Å².